The van der Waals surface area contributed by atoms with Crippen molar-refractivity contribution in [1.82, 2.24) is 19.5 Å². The Morgan fingerprint density at radius 2 is 2.32 bits per heavy atom. The number of rotatable bonds is 4. The van der Waals surface area contributed by atoms with Gasteiger partial charge >= 0.3 is 0 Å². The largest absolute Gasteiger partial charge is 0.396 e. The predicted octanol–water partition coefficient (Wildman–Crippen LogP) is 0.138. The van der Waals surface area contributed by atoms with Gasteiger partial charge in [0.1, 0.15) is 5.01 Å². The lowest BCUT2D eigenvalue weighted by Gasteiger charge is -2.37. The zero-order valence-electron chi connectivity index (χ0n) is 10.7. The van der Waals surface area contributed by atoms with Gasteiger partial charge in [0.05, 0.1) is 5.69 Å². The van der Waals surface area contributed by atoms with Crippen LogP contribution in [-0.2, 0) is 13.0 Å². The molecule has 0 aliphatic carbocycles. The maximum Gasteiger partial charge on any atom is 0.275 e. The van der Waals surface area contributed by atoms with Crippen molar-refractivity contribution in [2.75, 3.05) is 19.7 Å². The molecule has 102 valence electrons. The van der Waals surface area contributed by atoms with Gasteiger partial charge in [-0.3, -0.25) is 9.69 Å². The van der Waals surface area contributed by atoms with Crippen molar-refractivity contribution in [2.24, 2.45) is 5.92 Å². The highest BCUT2D eigenvalue weighted by Crippen LogP contribution is 2.18. The van der Waals surface area contributed by atoms with E-state index in [1.54, 1.807) is 6.07 Å². The van der Waals surface area contributed by atoms with Gasteiger partial charge in [-0.25, -0.2) is 4.98 Å². The molecule has 2 aromatic rings. The number of hydrogen-bond acceptors (Lipinski definition) is 6. The minimum Gasteiger partial charge on any atom is -0.396 e. The standard InChI is InChI=1S/C12H16N4O2S/c1-2-10-14-16-11(18)3-9(13-12(16)19-10)6-15-4-8(5-15)7-17/h3,8,17H,2,4-7H2,1H3. The quantitative estimate of drug-likeness (QED) is 0.862. The van der Waals surface area contributed by atoms with E-state index in [2.05, 4.69) is 15.0 Å². The van der Waals surface area contributed by atoms with Crippen LogP contribution in [0.5, 0.6) is 0 Å². The lowest BCUT2D eigenvalue weighted by Crippen LogP contribution is -2.47. The van der Waals surface area contributed by atoms with Crippen LogP contribution >= 0.6 is 11.3 Å². The molecule has 0 bridgehead atoms. The Morgan fingerprint density at radius 1 is 1.53 bits per heavy atom. The van der Waals surface area contributed by atoms with Crippen LogP contribution in [0.15, 0.2) is 10.9 Å². The summed E-state index contributed by atoms with van der Waals surface area (Å²) >= 11 is 1.47. The van der Waals surface area contributed by atoms with Gasteiger partial charge in [-0.1, -0.05) is 18.3 Å². The molecule has 1 saturated heterocycles. The van der Waals surface area contributed by atoms with Gasteiger partial charge in [0, 0.05) is 38.2 Å². The molecule has 0 atom stereocenters. The molecule has 0 aromatic carbocycles. The van der Waals surface area contributed by atoms with Crippen LogP contribution in [0.25, 0.3) is 4.96 Å². The van der Waals surface area contributed by atoms with Crippen LogP contribution in [-0.4, -0.2) is 44.3 Å². The van der Waals surface area contributed by atoms with E-state index in [0.29, 0.717) is 17.4 Å². The highest BCUT2D eigenvalue weighted by Gasteiger charge is 2.26. The number of fused-ring (bicyclic) bond motifs is 1. The summed E-state index contributed by atoms with van der Waals surface area (Å²) in [6.07, 6.45) is 0.813. The van der Waals surface area contributed by atoms with E-state index in [1.165, 1.54) is 15.9 Å². The minimum absolute atomic E-state index is 0.116. The van der Waals surface area contributed by atoms with Gasteiger partial charge in [-0.15, -0.1) is 0 Å². The third kappa shape index (κ3) is 2.41. The molecular weight excluding hydrogens is 264 g/mol. The van der Waals surface area contributed by atoms with Gasteiger partial charge in [-0.05, 0) is 6.42 Å². The summed E-state index contributed by atoms with van der Waals surface area (Å²) in [5, 5.41) is 14.1. The monoisotopic (exact) mass is 280 g/mol. The molecule has 1 fully saturated rings. The highest BCUT2D eigenvalue weighted by atomic mass is 32.1. The van der Waals surface area contributed by atoms with Crippen LogP contribution in [0.1, 0.15) is 17.6 Å². The molecular formula is C12H16N4O2S. The average Bonchev–Trinajstić information content (AvgIpc) is 2.77. The second kappa shape index (κ2) is 4.99. The molecule has 6 nitrogen and oxygen atoms in total. The average molecular weight is 280 g/mol. The summed E-state index contributed by atoms with van der Waals surface area (Å²) < 4.78 is 1.37. The predicted molar refractivity (Wildman–Crippen MR) is 72.4 cm³/mol. The molecule has 0 unspecified atom stereocenters. The fourth-order valence-corrected chi connectivity index (χ4v) is 3.13. The maximum absolute atomic E-state index is 11.9. The van der Waals surface area contributed by atoms with Gasteiger partial charge in [-0.2, -0.15) is 9.61 Å². The Kier molecular flexibility index (Phi) is 3.34. The summed E-state index contributed by atoms with van der Waals surface area (Å²) in [5.74, 6) is 0.375. The molecule has 0 spiro atoms. The van der Waals surface area contributed by atoms with Gasteiger partial charge in [0.25, 0.3) is 5.56 Å². The number of aromatic nitrogens is 3. The first-order valence-corrected chi connectivity index (χ1v) is 7.23. The number of nitrogens with zero attached hydrogens (tertiary/aromatic N) is 4. The van der Waals surface area contributed by atoms with E-state index in [9.17, 15) is 4.79 Å². The van der Waals surface area contributed by atoms with Crippen LogP contribution < -0.4 is 5.56 Å². The smallest absolute Gasteiger partial charge is 0.275 e. The molecule has 7 heteroatoms. The Bertz CT molecular complexity index is 645. The van der Waals surface area contributed by atoms with Crippen LogP contribution in [0, 0.1) is 5.92 Å². The van der Waals surface area contributed by atoms with E-state index < -0.39 is 0 Å². The first kappa shape index (κ1) is 12.7. The minimum atomic E-state index is -0.116. The number of aliphatic hydroxyl groups excluding tert-OH is 1. The molecule has 0 amide bonds. The molecule has 2 aromatic heterocycles. The first-order chi connectivity index (χ1) is 9.19. The van der Waals surface area contributed by atoms with Crippen LogP contribution in [0.4, 0.5) is 0 Å². The molecule has 3 rings (SSSR count). The number of likely N-dealkylation sites (tertiary alicyclic amines) is 1. The van der Waals surface area contributed by atoms with E-state index in [-0.39, 0.29) is 12.2 Å². The number of aliphatic hydroxyl groups is 1. The lowest BCUT2D eigenvalue weighted by atomic mass is 10.0. The normalized spacial score (nSPS) is 16.9. The molecule has 0 radical (unpaired) electrons. The fraction of sp³-hybridized carbons (Fsp3) is 0.583. The van der Waals surface area contributed by atoms with Crippen molar-refractivity contribution < 1.29 is 5.11 Å². The molecule has 1 aliphatic heterocycles. The zero-order valence-corrected chi connectivity index (χ0v) is 11.6. The Balaban J connectivity index is 1.83. The fourth-order valence-electron chi connectivity index (χ4n) is 2.27. The Morgan fingerprint density at radius 3 is 3.00 bits per heavy atom. The second-order valence-corrected chi connectivity index (χ2v) is 5.91. The summed E-state index contributed by atoms with van der Waals surface area (Å²) in [6.45, 7) is 4.67. The topological polar surface area (TPSA) is 70.7 Å². The second-order valence-electron chi connectivity index (χ2n) is 4.87. The third-order valence-electron chi connectivity index (χ3n) is 3.32. The molecule has 19 heavy (non-hydrogen) atoms. The lowest BCUT2D eigenvalue weighted by molar-refractivity contribution is 0.0470. The SMILES string of the molecule is CCc1nn2c(=O)cc(CN3CC(CO)C3)nc2s1. The molecule has 3 heterocycles. The van der Waals surface area contributed by atoms with Crippen LogP contribution in [0.2, 0.25) is 0 Å². The van der Waals surface area contributed by atoms with E-state index >= 15 is 0 Å². The zero-order chi connectivity index (χ0) is 13.4. The van der Waals surface area contributed by atoms with Crippen molar-refractivity contribution in [3.63, 3.8) is 0 Å². The van der Waals surface area contributed by atoms with Crippen molar-refractivity contribution in [3.05, 3.63) is 27.1 Å². The van der Waals surface area contributed by atoms with Gasteiger partial charge < -0.3 is 5.11 Å². The summed E-state index contributed by atoms with van der Waals surface area (Å²) in [5.41, 5.74) is 0.669. The van der Waals surface area contributed by atoms with E-state index in [1.807, 2.05) is 6.92 Å². The molecule has 1 N–H and O–H groups in total. The number of hydrogen-bond donors (Lipinski definition) is 1. The third-order valence-corrected chi connectivity index (χ3v) is 4.37. The first-order valence-electron chi connectivity index (χ1n) is 6.41. The Hall–Kier alpha value is -1.31. The molecule has 1 aliphatic rings. The van der Waals surface area contributed by atoms with Gasteiger partial charge in [0.15, 0.2) is 0 Å². The van der Waals surface area contributed by atoms with E-state index in [4.69, 9.17) is 5.11 Å². The van der Waals surface area contributed by atoms with Crippen molar-refractivity contribution in [1.29, 1.82) is 0 Å². The maximum atomic E-state index is 11.9. The summed E-state index contributed by atoms with van der Waals surface area (Å²) in [6, 6.07) is 1.55. The van der Waals surface area contributed by atoms with Crippen molar-refractivity contribution in [2.45, 2.75) is 19.9 Å². The Labute approximate surface area is 114 Å². The highest BCUT2D eigenvalue weighted by molar-refractivity contribution is 7.16. The number of aryl methyl sites for hydroxylation is 1. The summed E-state index contributed by atoms with van der Waals surface area (Å²) in [7, 11) is 0. The summed E-state index contributed by atoms with van der Waals surface area (Å²) in [4.78, 5) is 19.3. The van der Waals surface area contributed by atoms with Crippen LogP contribution in [0.3, 0.4) is 0 Å². The van der Waals surface area contributed by atoms with Gasteiger partial charge in [0.2, 0.25) is 4.96 Å². The van der Waals surface area contributed by atoms with Crippen molar-refractivity contribution >= 4 is 16.3 Å². The molecule has 0 saturated carbocycles. The van der Waals surface area contributed by atoms with Crippen molar-refractivity contribution in [3.8, 4) is 0 Å². The van der Waals surface area contributed by atoms with E-state index in [0.717, 1.165) is 30.2 Å².